The molecule has 0 bridgehead atoms. The smallest absolute Gasteiger partial charge is 0.237 e. The van der Waals surface area contributed by atoms with Crippen LogP contribution in [0.1, 0.15) is 25.5 Å². The Labute approximate surface area is 107 Å². The summed E-state index contributed by atoms with van der Waals surface area (Å²) in [7, 11) is 0. The molecule has 1 amide bonds. The Morgan fingerprint density at radius 1 is 1.31 bits per heavy atom. The average molecular weight is 263 g/mol. The Hall–Kier alpha value is -0.770. The van der Waals surface area contributed by atoms with Gasteiger partial charge in [0.1, 0.15) is 0 Å². The largest absolute Gasteiger partial charge is 0.348 e. The van der Waals surface area contributed by atoms with Crippen LogP contribution in [0, 0.1) is 0 Å². The molecule has 0 saturated heterocycles. The summed E-state index contributed by atoms with van der Waals surface area (Å²) >= 11 is 5.77. The van der Waals surface area contributed by atoms with Crippen LogP contribution in [0.4, 0.5) is 0 Å². The first-order valence-electron chi connectivity index (χ1n) is 4.82. The van der Waals surface area contributed by atoms with Gasteiger partial charge in [-0.1, -0.05) is 23.7 Å². The van der Waals surface area contributed by atoms with Crippen molar-refractivity contribution >= 4 is 29.9 Å². The number of nitrogens with two attached hydrogens (primary N) is 1. The van der Waals surface area contributed by atoms with E-state index in [0.717, 1.165) is 5.56 Å². The van der Waals surface area contributed by atoms with E-state index in [2.05, 4.69) is 5.32 Å². The minimum absolute atomic E-state index is 0. The maximum Gasteiger partial charge on any atom is 0.237 e. The van der Waals surface area contributed by atoms with Gasteiger partial charge in [0, 0.05) is 5.02 Å². The number of carbonyl (C=O) groups excluding carboxylic acids is 1. The van der Waals surface area contributed by atoms with Crippen LogP contribution >= 0.6 is 24.0 Å². The van der Waals surface area contributed by atoms with Crippen molar-refractivity contribution in [3.05, 3.63) is 34.9 Å². The molecule has 3 nitrogen and oxygen atoms in total. The molecule has 1 aromatic rings. The number of carbonyl (C=O) groups is 1. The summed E-state index contributed by atoms with van der Waals surface area (Å²) in [6.45, 7) is 3.56. The van der Waals surface area contributed by atoms with Crippen molar-refractivity contribution in [2.24, 2.45) is 5.73 Å². The van der Waals surface area contributed by atoms with Crippen LogP contribution in [-0.4, -0.2) is 11.9 Å². The van der Waals surface area contributed by atoms with Gasteiger partial charge < -0.3 is 11.1 Å². The van der Waals surface area contributed by atoms with E-state index in [-0.39, 0.29) is 24.4 Å². The topological polar surface area (TPSA) is 55.1 Å². The molecular formula is C11H16Cl2N2O. The highest BCUT2D eigenvalue weighted by Gasteiger charge is 2.12. The fourth-order valence-corrected chi connectivity index (χ4v) is 1.31. The second-order valence-corrected chi connectivity index (χ2v) is 4.01. The van der Waals surface area contributed by atoms with Gasteiger partial charge in [0.2, 0.25) is 5.91 Å². The molecular weight excluding hydrogens is 247 g/mol. The Morgan fingerprint density at radius 2 is 1.81 bits per heavy atom. The molecule has 3 N–H and O–H groups in total. The van der Waals surface area contributed by atoms with Gasteiger partial charge in [0.25, 0.3) is 0 Å². The fraction of sp³-hybridized carbons (Fsp3) is 0.364. The molecule has 90 valence electrons. The number of hydrogen-bond donors (Lipinski definition) is 2. The van der Waals surface area contributed by atoms with Crippen LogP contribution in [0.25, 0.3) is 0 Å². The summed E-state index contributed by atoms with van der Waals surface area (Å²) < 4.78 is 0. The zero-order valence-corrected chi connectivity index (χ0v) is 10.8. The molecule has 0 aromatic heterocycles. The SMILES string of the molecule is CC(NC(=O)[C@@H](C)N)c1ccc(Cl)cc1.Cl. The number of hydrogen-bond acceptors (Lipinski definition) is 2. The molecule has 1 rings (SSSR count). The Balaban J connectivity index is 0.00000225. The average Bonchev–Trinajstić information content (AvgIpc) is 2.18. The van der Waals surface area contributed by atoms with E-state index >= 15 is 0 Å². The van der Waals surface area contributed by atoms with E-state index in [9.17, 15) is 4.79 Å². The monoisotopic (exact) mass is 262 g/mol. The molecule has 2 atom stereocenters. The van der Waals surface area contributed by atoms with Gasteiger partial charge in [0.15, 0.2) is 0 Å². The molecule has 0 aliphatic rings. The number of nitrogens with one attached hydrogen (secondary N) is 1. The normalized spacial score (nSPS) is 13.5. The first-order valence-corrected chi connectivity index (χ1v) is 5.20. The van der Waals surface area contributed by atoms with Gasteiger partial charge in [-0.2, -0.15) is 0 Å². The molecule has 0 fully saturated rings. The molecule has 0 heterocycles. The summed E-state index contributed by atoms with van der Waals surface area (Å²) in [4.78, 5) is 11.3. The predicted molar refractivity (Wildman–Crippen MR) is 68.9 cm³/mol. The van der Waals surface area contributed by atoms with Crippen molar-refractivity contribution in [3.8, 4) is 0 Å². The van der Waals surface area contributed by atoms with E-state index in [0.29, 0.717) is 5.02 Å². The molecule has 1 aromatic carbocycles. The Bertz CT molecular complexity index is 338. The minimum atomic E-state index is -0.486. The third-order valence-electron chi connectivity index (χ3n) is 2.14. The van der Waals surface area contributed by atoms with Gasteiger partial charge in [-0.15, -0.1) is 12.4 Å². The van der Waals surface area contributed by atoms with Gasteiger partial charge in [-0.25, -0.2) is 0 Å². The van der Waals surface area contributed by atoms with E-state index in [4.69, 9.17) is 17.3 Å². The van der Waals surface area contributed by atoms with Crippen LogP contribution in [0.2, 0.25) is 5.02 Å². The summed E-state index contributed by atoms with van der Waals surface area (Å²) in [6, 6.07) is 6.82. The van der Waals surface area contributed by atoms with Crippen molar-refractivity contribution in [2.45, 2.75) is 25.9 Å². The summed E-state index contributed by atoms with van der Waals surface area (Å²) in [6.07, 6.45) is 0. The lowest BCUT2D eigenvalue weighted by Gasteiger charge is -2.15. The van der Waals surface area contributed by atoms with E-state index in [1.165, 1.54) is 0 Å². The number of rotatable bonds is 3. The summed E-state index contributed by atoms with van der Waals surface area (Å²) in [5.74, 6) is -0.155. The van der Waals surface area contributed by atoms with Gasteiger partial charge in [0.05, 0.1) is 12.1 Å². The molecule has 5 heteroatoms. The second kappa shape index (κ2) is 6.74. The predicted octanol–water partition coefficient (Wildman–Crippen LogP) is 2.29. The Kier molecular flexibility index (Phi) is 6.41. The van der Waals surface area contributed by atoms with Crippen molar-refractivity contribution in [1.82, 2.24) is 5.32 Å². The molecule has 0 radical (unpaired) electrons. The molecule has 0 aliphatic carbocycles. The lowest BCUT2D eigenvalue weighted by atomic mass is 10.1. The minimum Gasteiger partial charge on any atom is -0.348 e. The lowest BCUT2D eigenvalue weighted by molar-refractivity contribution is -0.122. The molecule has 0 spiro atoms. The van der Waals surface area contributed by atoms with Crippen molar-refractivity contribution in [1.29, 1.82) is 0 Å². The van der Waals surface area contributed by atoms with Crippen molar-refractivity contribution in [3.63, 3.8) is 0 Å². The molecule has 16 heavy (non-hydrogen) atoms. The van der Waals surface area contributed by atoms with Crippen molar-refractivity contribution in [2.75, 3.05) is 0 Å². The zero-order valence-electron chi connectivity index (χ0n) is 9.24. The van der Waals surface area contributed by atoms with Crippen LogP contribution in [0.15, 0.2) is 24.3 Å². The van der Waals surface area contributed by atoms with E-state index in [1.54, 1.807) is 19.1 Å². The lowest BCUT2D eigenvalue weighted by Crippen LogP contribution is -2.39. The molecule has 0 aliphatic heterocycles. The van der Waals surface area contributed by atoms with E-state index < -0.39 is 6.04 Å². The first kappa shape index (κ1) is 15.2. The highest BCUT2D eigenvalue weighted by molar-refractivity contribution is 6.30. The Morgan fingerprint density at radius 3 is 2.25 bits per heavy atom. The number of amides is 1. The van der Waals surface area contributed by atoms with Gasteiger partial charge in [-0.3, -0.25) is 4.79 Å². The standard InChI is InChI=1S/C11H15ClN2O.ClH/c1-7(13)11(15)14-8(2)9-3-5-10(12)6-4-9;/h3-8H,13H2,1-2H3,(H,14,15);1H/t7-,8?;/m1./s1. The van der Waals surface area contributed by atoms with E-state index in [1.807, 2.05) is 19.1 Å². The zero-order chi connectivity index (χ0) is 11.4. The van der Waals surface area contributed by atoms with Crippen molar-refractivity contribution < 1.29 is 4.79 Å². The van der Waals surface area contributed by atoms with Crippen LogP contribution < -0.4 is 11.1 Å². The maximum atomic E-state index is 11.3. The fourth-order valence-electron chi connectivity index (χ4n) is 1.18. The third kappa shape index (κ3) is 4.39. The van der Waals surface area contributed by atoms with Gasteiger partial charge >= 0.3 is 0 Å². The highest BCUT2D eigenvalue weighted by Crippen LogP contribution is 2.15. The quantitative estimate of drug-likeness (QED) is 0.879. The first-order chi connectivity index (χ1) is 7.00. The van der Waals surface area contributed by atoms with Gasteiger partial charge in [-0.05, 0) is 31.5 Å². The second-order valence-electron chi connectivity index (χ2n) is 3.57. The molecule has 0 saturated carbocycles. The third-order valence-corrected chi connectivity index (χ3v) is 2.39. The van der Waals surface area contributed by atoms with Crippen LogP contribution in [-0.2, 0) is 4.79 Å². The maximum absolute atomic E-state index is 11.3. The summed E-state index contributed by atoms with van der Waals surface area (Å²) in [5, 5.41) is 3.49. The number of benzene rings is 1. The number of halogens is 2. The summed E-state index contributed by atoms with van der Waals surface area (Å²) in [5.41, 5.74) is 6.46. The van der Waals surface area contributed by atoms with Crippen LogP contribution in [0.3, 0.4) is 0 Å². The highest BCUT2D eigenvalue weighted by atomic mass is 35.5. The van der Waals surface area contributed by atoms with Crippen LogP contribution in [0.5, 0.6) is 0 Å². The molecule has 1 unspecified atom stereocenters.